The monoisotopic (exact) mass is 239 g/mol. The molecule has 2 rings (SSSR count). The number of ether oxygens (including phenoxy) is 2. The van der Waals surface area contributed by atoms with E-state index < -0.39 is 5.92 Å². The molecule has 5 nitrogen and oxygen atoms in total. The average molecular weight is 239 g/mol. The van der Waals surface area contributed by atoms with E-state index in [0.717, 1.165) is 0 Å². The molecule has 5 heteroatoms. The summed E-state index contributed by atoms with van der Waals surface area (Å²) in [5, 5.41) is 0. The fourth-order valence-corrected chi connectivity index (χ4v) is 2.30. The SMILES string of the molecule is CC(=O)C(C(=O)N(C)C)[C@H]1C=C[C@@H]2OC[C@H]1O2. The molecule has 1 fully saturated rings. The molecule has 0 aromatic rings. The normalized spacial score (nSPS) is 32.3. The predicted octanol–water partition coefficient (Wildman–Crippen LogP) is 0.207. The Kier molecular flexibility index (Phi) is 3.31. The lowest BCUT2D eigenvalue weighted by Gasteiger charge is -2.29. The molecule has 2 bridgehead atoms. The van der Waals surface area contributed by atoms with Gasteiger partial charge in [-0.2, -0.15) is 0 Å². The van der Waals surface area contributed by atoms with Gasteiger partial charge in [-0.3, -0.25) is 9.59 Å². The third-order valence-corrected chi connectivity index (χ3v) is 3.18. The Morgan fingerprint density at radius 3 is 2.65 bits per heavy atom. The first kappa shape index (κ1) is 12.3. The van der Waals surface area contributed by atoms with E-state index >= 15 is 0 Å². The van der Waals surface area contributed by atoms with E-state index in [9.17, 15) is 9.59 Å². The van der Waals surface area contributed by atoms with Crippen molar-refractivity contribution in [3.05, 3.63) is 12.2 Å². The highest BCUT2D eigenvalue weighted by atomic mass is 16.7. The third kappa shape index (κ3) is 2.25. The Morgan fingerprint density at radius 1 is 1.35 bits per heavy atom. The second kappa shape index (κ2) is 4.58. The fourth-order valence-electron chi connectivity index (χ4n) is 2.30. The van der Waals surface area contributed by atoms with Gasteiger partial charge >= 0.3 is 0 Å². The molecule has 2 aliphatic rings. The van der Waals surface area contributed by atoms with E-state index in [1.807, 2.05) is 6.08 Å². The molecule has 2 aliphatic heterocycles. The predicted molar refractivity (Wildman–Crippen MR) is 60.1 cm³/mol. The number of carbonyl (C=O) groups is 2. The molecule has 1 amide bonds. The van der Waals surface area contributed by atoms with Crippen LogP contribution in [0.15, 0.2) is 12.2 Å². The van der Waals surface area contributed by atoms with Crippen molar-refractivity contribution in [2.24, 2.45) is 11.8 Å². The van der Waals surface area contributed by atoms with Gasteiger partial charge in [-0.1, -0.05) is 6.08 Å². The van der Waals surface area contributed by atoms with Gasteiger partial charge in [0.15, 0.2) is 6.29 Å². The molecular formula is C12H17NO4. The lowest BCUT2D eigenvalue weighted by Crippen LogP contribution is -2.43. The summed E-state index contributed by atoms with van der Waals surface area (Å²) < 4.78 is 10.9. The molecule has 94 valence electrons. The van der Waals surface area contributed by atoms with E-state index in [0.29, 0.717) is 6.61 Å². The molecule has 0 spiro atoms. The summed E-state index contributed by atoms with van der Waals surface area (Å²) in [4.78, 5) is 25.2. The van der Waals surface area contributed by atoms with Crippen LogP contribution in [0.3, 0.4) is 0 Å². The van der Waals surface area contributed by atoms with Gasteiger partial charge < -0.3 is 14.4 Å². The van der Waals surface area contributed by atoms with Gasteiger partial charge in [0.05, 0.1) is 12.7 Å². The average Bonchev–Trinajstić information content (AvgIpc) is 2.64. The van der Waals surface area contributed by atoms with Crippen molar-refractivity contribution >= 4 is 11.7 Å². The maximum Gasteiger partial charge on any atom is 0.233 e. The summed E-state index contributed by atoms with van der Waals surface area (Å²) in [7, 11) is 3.30. The second-order valence-electron chi connectivity index (χ2n) is 4.66. The van der Waals surface area contributed by atoms with Gasteiger partial charge in [0.25, 0.3) is 0 Å². The summed E-state index contributed by atoms with van der Waals surface area (Å²) in [6.07, 6.45) is 3.15. The number of carbonyl (C=O) groups excluding carboxylic acids is 2. The van der Waals surface area contributed by atoms with Crippen LogP contribution in [-0.2, 0) is 19.1 Å². The van der Waals surface area contributed by atoms with Crippen molar-refractivity contribution in [1.29, 1.82) is 0 Å². The Hall–Kier alpha value is -1.20. The molecule has 4 atom stereocenters. The van der Waals surface area contributed by atoms with Gasteiger partial charge in [0.1, 0.15) is 11.7 Å². The minimum Gasteiger partial charge on any atom is -0.348 e. The van der Waals surface area contributed by atoms with Crippen LogP contribution < -0.4 is 0 Å². The Balaban J connectivity index is 2.22. The second-order valence-corrected chi connectivity index (χ2v) is 4.66. The van der Waals surface area contributed by atoms with Crippen molar-refractivity contribution in [3.63, 3.8) is 0 Å². The maximum absolute atomic E-state index is 12.0. The molecule has 2 heterocycles. The zero-order valence-electron chi connectivity index (χ0n) is 10.3. The van der Waals surface area contributed by atoms with Crippen molar-refractivity contribution in [3.8, 4) is 0 Å². The summed E-state index contributed by atoms with van der Waals surface area (Å²) in [6, 6.07) is 0. The van der Waals surface area contributed by atoms with E-state index in [1.165, 1.54) is 11.8 Å². The van der Waals surface area contributed by atoms with Crippen molar-refractivity contribution < 1.29 is 19.1 Å². The number of fused-ring (bicyclic) bond motifs is 2. The van der Waals surface area contributed by atoms with Crippen LogP contribution in [0.25, 0.3) is 0 Å². The van der Waals surface area contributed by atoms with E-state index in [2.05, 4.69) is 0 Å². The lowest BCUT2D eigenvalue weighted by atomic mass is 9.83. The first-order valence-electron chi connectivity index (χ1n) is 5.67. The highest BCUT2D eigenvalue weighted by Gasteiger charge is 2.43. The molecule has 0 N–H and O–H groups in total. The number of amides is 1. The standard InChI is InChI=1S/C12H17NO4/c1-7(14)11(12(15)13(2)3)8-4-5-10-16-6-9(8)17-10/h4-5,8-11H,6H2,1-3H3/t8-,9+,10+,11?/m0/s1. The number of rotatable bonds is 3. The molecule has 0 aromatic carbocycles. The minimum absolute atomic E-state index is 0.132. The zero-order chi connectivity index (χ0) is 12.6. The maximum atomic E-state index is 12.0. The van der Waals surface area contributed by atoms with Crippen LogP contribution in [0.5, 0.6) is 0 Å². The minimum atomic E-state index is -0.672. The molecule has 1 saturated heterocycles. The van der Waals surface area contributed by atoms with Gasteiger partial charge in [-0.05, 0) is 13.0 Å². The number of nitrogens with zero attached hydrogens (tertiary/aromatic N) is 1. The summed E-state index contributed by atoms with van der Waals surface area (Å²) in [5.74, 6) is -1.21. The van der Waals surface area contributed by atoms with Gasteiger partial charge in [-0.15, -0.1) is 0 Å². The molecule has 0 aliphatic carbocycles. The number of hydrogen-bond acceptors (Lipinski definition) is 4. The topological polar surface area (TPSA) is 55.8 Å². The lowest BCUT2D eigenvalue weighted by molar-refractivity contribution is -0.143. The fraction of sp³-hybridized carbons (Fsp3) is 0.667. The van der Waals surface area contributed by atoms with Gasteiger partial charge in [-0.25, -0.2) is 0 Å². The molecule has 0 radical (unpaired) electrons. The first-order valence-corrected chi connectivity index (χ1v) is 5.67. The van der Waals surface area contributed by atoms with Crippen LogP contribution in [-0.4, -0.2) is 49.7 Å². The number of Topliss-reactive ketones (excluding diaryl/α,β-unsaturated/α-hetero) is 1. The van der Waals surface area contributed by atoms with Gasteiger partial charge in [0.2, 0.25) is 5.91 Å². The van der Waals surface area contributed by atoms with Crippen molar-refractivity contribution in [1.82, 2.24) is 4.90 Å². The molecule has 1 unspecified atom stereocenters. The highest BCUT2D eigenvalue weighted by Crippen LogP contribution is 2.32. The Labute approximate surface area is 100 Å². The van der Waals surface area contributed by atoms with Crippen LogP contribution >= 0.6 is 0 Å². The van der Waals surface area contributed by atoms with E-state index in [-0.39, 0.29) is 30.0 Å². The zero-order valence-corrected chi connectivity index (χ0v) is 10.3. The smallest absolute Gasteiger partial charge is 0.233 e. The summed E-state index contributed by atoms with van der Waals surface area (Å²) >= 11 is 0. The summed E-state index contributed by atoms with van der Waals surface area (Å²) in [6.45, 7) is 1.88. The Morgan fingerprint density at radius 2 is 2.06 bits per heavy atom. The van der Waals surface area contributed by atoms with E-state index in [1.54, 1.807) is 20.2 Å². The molecule has 0 aromatic heterocycles. The highest BCUT2D eigenvalue weighted by molar-refractivity contribution is 6.00. The van der Waals surface area contributed by atoms with Crippen LogP contribution in [0.4, 0.5) is 0 Å². The van der Waals surface area contributed by atoms with Crippen molar-refractivity contribution in [2.45, 2.75) is 19.3 Å². The van der Waals surface area contributed by atoms with Crippen molar-refractivity contribution in [2.75, 3.05) is 20.7 Å². The molecular weight excluding hydrogens is 222 g/mol. The van der Waals surface area contributed by atoms with Crippen LogP contribution in [0.1, 0.15) is 6.92 Å². The summed E-state index contributed by atoms with van der Waals surface area (Å²) in [5.41, 5.74) is 0. The molecule has 0 saturated carbocycles. The molecule has 17 heavy (non-hydrogen) atoms. The van der Waals surface area contributed by atoms with Gasteiger partial charge in [0, 0.05) is 20.0 Å². The van der Waals surface area contributed by atoms with E-state index in [4.69, 9.17) is 9.47 Å². The van der Waals surface area contributed by atoms with Crippen LogP contribution in [0.2, 0.25) is 0 Å². The quantitative estimate of drug-likeness (QED) is 0.522. The van der Waals surface area contributed by atoms with Crippen LogP contribution in [0, 0.1) is 11.8 Å². The number of ketones is 1. The number of hydrogen-bond donors (Lipinski definition) is 0. The largest absolute Gasteiger partial charge is 0.348 e. The first-order chi connectivity index (χ1) is 8.00. The Bertz CT molecular complexity index is 364. The third-order valence-electron chi connectivity index (χ3n) is 3.18.